The summed E-state index contributed by atoms with van der Waals surface area (Å²) in [6.45, 7) is 2.75. The van der Waals surface area contributed by atoms with E-state index in [-0.39, 0.29) is 11.8 Å². The highest BCUT2D eigenvalue weighted by Gasteiger charge is 2.36. The highest BCUT2D eigenvalue weighted by atomic mass is 16.5. The minimum Gasteiger partial charge on any atom is -0.383 e. The van der Waals surface area contributed by atoms with Gasteiger partial charge in [-0.25, -0.2) is 9.67 Å². The van der Waals surface area contributed by atoms with Gasteiger partial charge in [-0.15, -0.1) is 0 Å². The molecule has 1 aromatic carbocycles. The lowest BCUT2D eigenvalue weighted by Gasteiger charge is -2.16. The molecule has 0 N–H and O–H groups in total. The maximum absolute atomic E-state index is 12.3. The second-order valence-electron chi connectivity index (χ2n) is 7.29. The van der Waals surface area contributed by atoms with E-state index in [9.17, 15) is 4.79 Å². The van der Waals surface area contributed by atoms with Gasteiger partial charge in [0.25, 0.3) is 0 Å². The average Bonchev–Trinajstić information content (AvgIpc) is 3.32. The minimum atomic E-state index is 0.134. The molecule has 0 spiro atoms. The Balaban J connectivity index is 1.50. The van der Waals surface area contributed by atoms with Gasteiger partial charge < -0.3 is 9.64 Å². The second-order valence-corrected chi connectivity index (χ2v) is 7.29. The van der Waals surface area contributed by atoms with E-state index >= 15 is 0 Å². The second kappa shape index (κ2) is 7.58. The molecule has 2 aromatic rings. The van der Waals surface area contributed by atoms with Crippen LogP contribution in [0, 0.1) is 0 Å². The Labute approximate surface area is 154 Å². The number of benzene rings is 1. The van der Waals surface area contributed by atoms with Gasteiger partial charge in [0, 0.05) is 45.0 Å². The molecule has 1 aliphatic heterocycles. The predicted octanol–water partition coefficient (Wildman–Crippen LogP) is 2.36. The Morgan fingerprint density at radius 3 is 2.69 bits per heavy atom. The summed E-state index contributed by atoms with van der Waals surface area (Å²) in [5.41, 5.74) is 1.30. The summed E-state index contributed by atoms with van der Waals surface area (Å²) in [5.74, 6) is 2.80. The Morgan fingerprint density at radius 2 is 1.96 bits per heavy atom. The summed E-state index contributed by atoms with van der Waals surface area (Å²) in [5, 5.41) is 4.80. The van der Waals surface area contributed by atoms with Gasteiger partial charge in [-0.1, -0.05) is 30.3 Å². The maximum Gasteiger partial charge on any atom is 0.223 e. The van der Waals surface area contributed by atoms with Gasteiger partial charge in [0.2, 0.25) is 5.91 Å². The van der Waals surface area contributed by atoms with Crippen molar-refractivity contribution in [2.45, 2.75) is 44.1 Å². The lowest BCUT2D eigenvalue weighted by molar-refractivity contribution is -0.128. The molecule has 1 amide bonds. The average molecular weight is 354 g/mol. The number of nitrogens with zero attached hydrogens (tertiary/aromatic N) is 4. The first-order valence-corrected chi connectivity index (χ1v) is 9.50. The fourth-order valence-corrected chi connectivity index (χ4v) is 3.60. The highest BCUT2D eigenvalue weighted by Crippen LogP contribution is 2.39. The first-order chi connectivity index (χ1) is 12.7. The summed E-state index contributed by atoms with van der Waals surface area (Å²) >= 11 is 0. The zero-order valence-electron chi connectivity index (χ0n) is 15.3. The van der Waals surface area contributed by atoms with Crippen molar-refractivity contribution >= 4 is 5.91 Å². The van der Waals surface area contributed by atoms with Crippen molar-refractivity contribution < 1.29 is 9.53 Å². The lowest BCUT2D eigenvalue weighted by atomic mass is 10.1. The van der Waals surface area contributed by atoms with Gasteiger partial charge in [-0.05, 0) is 24.8 Å². The number of methoxy groups -OCH3 is 1. The molecule has 6 heteroatoms. The van der Waals surface area contributed by atoms with Crippen LogP contribution in [0.1, 0.15) is 48.3 Å². The van der Waals surface area contributed by atoms with E-state index in [2.05, 4.69) is 28.9 Å². The van der Waals surface area contributed by atoms with Crippen molar-refractivity contribution in [2.75, 3.05) is 26.8 Å². The molecule has 1 unspecified atom stereocenters. The summed E-state index contributed by atoms with van der Waals surface area (Å²) in [7, 11) is 1.67. The number of amides is 1. The molecule has 1 aromatic heterocycles. The van der Waals surface area contributed by atoms with Crippen molar-refractivity contribution in [3.05, 3.63) is 47.5 Å². The summed E-state index contributed by atoms with van der Waals surface area (Å²) in [6, 6.07) is 10.5. The standard InChI is InChI=1S/C20H26N4O2/c1-26-12-11-23-14-17(13-18(23)25)20-21-19(16-7-8-16)22-24(20)10-9-15-5-3-2-4-6-15/h2-6,16-17H,7-14H2,1H3. The van der Waals surface area contributed by atoms with E-state index in [1.54, 1.807) is 7.11 Å². The normalized spacial score (nSPS) is 20.1. The summed E-state index contributed by atoms with van der Waals surface area (Å²) in [6.07, 6.45) is 3.82. The quantitative estimate of drug-likeness (QED) is 0.730. The van der Waals surface area contributed by atoms with Gasteiger partial charge >= 0.3 is 0 Å². The van der Waals surface area contributed by atoms with Gasteiger partial charge in [-0.3, -0.25) is 4.79 Å². The number of aryl methyl sites for hydroxylation is 2. The number of carbonyl (C=O) groups is 1. The fraction of sp³-hybridized carbons (Fsp3) is 0.550. The number of ether oxygens (including phenoxy) is 1. The van der Waals surface area contributed by atoms with E-state index in [0.717, 1.165) is 31.2 Å². The molecule has 2 fully saturated rings. The van der Waals surface area contributed by atoms with Crippen LogP contribution in [0.25, 0.3) is 0 Å². The van der Waals surface area contributed by atoms with E-state index in [4.69, 9.17) is 14.8 Å². The third-order valence-electron chi connectivity index (χ3n) is 5.26. The topological polar surface area (TPSA) is 60.2 Å². The van der Waals surface area contributed by atoms with Crippen LogP contribution in [0.2, 0.25) is 0 Å². The monoisotopic (exact) mass is 354 g/mol. The molecule has 0 bridgehead atoms. The minimum absolute atomic E-state index is 0.134. The Hall–Kier alpha value is -2.21. The molecular weight excluding hydrogens is 328 g/mol. The molecule has 1 atom stereocenters. The van der Waals surface area contributed by atoms with Crippen molar-refractivity contribution in [1.82, 2.24) is 19.7 Å². The zero-order chi connectivity index (χ0) is 17.9. The number of rotatable bonds is 8. The molecule has 1 aliphatic carbocycles. The van der Waals surface area contributed by atoms with Gasteiger partial charge in [-0.2, -0.15) is 5.10 Å². The SMILES string of the molecule is COCCN1CC(c2nc(C3CC3)nn2CCc2ccccc2)CC1=O. The highest BCUT2D eigenvalue weighted by molar-refractivity contribution is 5.79. The molecule has 138 valence electrons. The van der Waals surface area contributed by atoms with Crippen molar-refractivity contribution in [3.63, 3.8) is 0 Å². The van der Waals surface area contributed by atoms with Gasteiger partial charge in [0.15, 0.2) is 5.82 Å². The summed E-state index contributed by atoms with van der Waals surface area (Å²) in [4.78, 5) is 19.1. The number of hydrogen-bond donors (Lipinski definition) is 0. The molecule has 1 saturated carbocycles. The van der Waals surface area contributed by atoms with E-state index in [0.29, 0.717) is 25.5 Å². The van der Waals surface area contributed by atoms with Crippen LogP contribution < -0.4 is 0 Å². The van der Waals surface area contributed by atoms with E-state index in [1.807, 2.05) is 11.0 Å². The van der Waals surface area contributed by atoms with Gasteiger partial charge in [0.05, 0.1) is 6.61 Å². The molecule has 2 heterocycles. The largest absolute Gasteiger partial charge is 0.383 e. The first kappa shape index (κ1) is 17.2. The first-order valence-electron chi connectivity index (χ1n) is 9.50. The van der Waals surface area contributed by atoms with Crippen LogP contribution in [0.4, 0.5) is 0 Å². The summed E-state index contributed by atoms with van der Waals surface area (Å²) < 4.78 is 7.18. The third kappa shape index (κ3) is 3.80. The zero-order valence-corrected chi connectivity index (χ0v) is 15.3. The molecule has 1 saturated heterocycles. The Morgan fingerprint density at radius 1 is 1.15 bits per heavy atom. The van der Waals surface area contributed by atoms with E-state index < -0.39 is 0 Å². The van der Waals surface area contributed by atoms with Crippen molar-refractivity contribution in [2.24, 2.45) is 0 Å². The molecule has 0 radical (unpaired) electrons. The molecular formula is C20H26N4O2. The molecule has 4 rings (SSSR count). The van der Waals surface area contributed by atoms with Gasteiger partial charge in [0.1, 0.15) is 5.82 Å². The number of carbonyl (C=O) groups excluding carboxylic acids is 1. The van der Waals surface area contributed by atoms with Crippen LogP contribution in [-0.2, 0) is 22.5 Å². The van der Waals surface area contributed by atoms with Crippen molar-refractivity contribution in [1.29, 1.82) is 0 Å². The third-order valence-corrected chi connectivity index (χ3v) is 5.26. The fourth-order valence-electron chi connectivity index (χ4n) is 3.60. The smallest absolute Gasteiger partial charge is 0.223 e. The predicted molar refractivity (Wildman–Crippen MR) is 98.0 cm³/mol. The number of hydrogen-bond acceptors (Lipinski definition) is 4. The number of likely N-dealkylation sites (tertiary alicyclic amines) is 1. The van der Waals surface area contributed by atoms with Crippen LogP contribution in [0.15, 0.2) is 30.3 Å². The maximum atomic E-state index is 12.3. The Kier molecular flexibility index (Phi) is 5.02. The molecule has 6 nitrogen and oxygen atoms in total. The Bertz CT molecular complexity index is 754. The van der Waals surface area contributed by atoms with Crippen LogP contribution in [0.3, 0.4) is 0 Å². The van der Waals surface area contributed by atoms with Crippen LogP contribution in [-0.4, -0.2) is 52.4 Å². The number of aromatic nitrogens is 3. The molecule has 26 heavy (non-hydrogen) atoms. The van der Waals surface area contributed by atoms with Crippen LogP contribution in [0.5, 0.6) is 0 Å². The van der Waals surface area contributed by atoms with Crippen molar-refractivity contribution in [3.8, 4) is 0 Å². The van der Waals surface area contributed by atoms with Crippen LogP contribution >= 0.6 is 0 Å². The molecule has 2 aliphatic rings. The van der Waals surface area contributed by atoms with E-state index in [1.165, 1.54) is 18.4 Å². The lowest BCUT2D eigenvalue weighted by Crippen LogP contribution is -2.28.